The van der Waals surface area contributed by atoms with Gasteiger partial charge in [-0.3, -0.25) is 0 Å². The van der Waals surface area contributed by atoms with E-state index in [-0.39, 0.29) is 12.4 Å². The summed E-state index contributed by atoms with van der Waals surface area (Å²) >= 11 is 4.19. The van der Waals surface area contributed by atoms with Gasteiger partial charge in [0.2, 0.25) is 0 Å². The summed E-state index contributed by atoms with van der Waals surface area (Å²) in [5.74, 6) is 0. The molecule has 0 spiro atoms. The Kier molecular flexibility index (Phi) is 5.55. The van der Waals surface area contributed by atoms with Crippen molar-refractivity contribution in [3.8, 4) is 0 Å². The van der Waals surface area contributed by atoms with Gasteiger partial charge in [0.1, 0.15) is 0 Å². The third-order valence-electron chi connectivity index (χ3n) is 2.43. The average Bonchev–Trinajstić information content (AvgIpc) is 2.35. The van der Waals surface area contributed by atoms with E-state index in [4.69, 9.17) is 9.90 Å². The Hall–Kier alpha value is -1.84. The maximum atomic E-state index is 8.77. The molecule has 0 saturated carbocycles. The molecular formula is C14H11Cl2NO2. The van der Waals surface area contributed by atoms with E-state index in [1.807, 2.05) is 36.4 Å². The minimum absolute atomic E-state index is 0. The van der Waals surface area contributed by atoms with Gasteiger partial charge < -0.3 is 5.11 Å². The molecule has 0 fully saturated rings. The molecule has 19 heavy (non-hydrogen) atoms. The van der Waals surface area contributed by atoms with Crippen molar-refractivity contribution in [2.75, 3.05) is 0 Å². The number of carbonyl (C=O) groups is 1. The molecule has 1 aromatic heterocycles. The van der Waals surface area contributed by atoms with E-state index in [1.165, 1.54) is 10.8 Å². The first-order chi connectivity index (χ1) is 8.66. The second-order valence-electron chi connectivity index (χ2n) is 3.63. The first-order valence-corrected chi connectivity index (χ1v) is 5.67. The Bertz CT molecular complexity index is 592. The number of nitrogens with zero attached hydrogens (tertiary/aromatic N) is 1. The molecule has 1 heterocycles. The summed E-state index contributed by atoms with van der Waals surface area (Å²) in [7, 11) is 0. The lowest BCUT2D eigenvalue weighted by atomic mass is 10.1. The van der Waals surface area contributed by atoms with Crippen LogP contribution in [0.5, 0.6) is 0 Å². The molecule has 3 nitrogen and oxygen atoms in total. The van der Waals surface area contributed by atoms with Crippen LogP contribution in [0.15, 0.2) is 54.6 Å². The highest BCUT2D eigenvalue weighted by Gasteiger charge is 1.96. The van der Waals surface area contributed by atoms with Crippen LogP contribution < -0.4 is 0 Å². The number of hydrogen-bond acceptors (Lipinski definition) is 2. The number of hydrogen-bond donors (Lipinski definition) is 1. The van der Waals surface area contributed by atoms with Gasteiger partial charge in [-0.25, -0.2) is 9.78 Å². The topological polar surface area (TPSA) is 50.2 Å². The van der Waals surface area contributed by atoms with Crippen molar-refractivity contribution >= 4 is 51.2 Å². The molecule has 2 aromatic carbocycles. The van der Waals surface area contributed by atoms with Crippen molar-refractivity contribution in [2.24, 2.45) is 0 Å². The minimum atomic E-state index is -1.36. The fraction of sp³-hybridized carbons (Fsp3) is 0. The van der Waals surface area contributed by atoms with Gasteiger partial charge in [0.15, 0.2) is 0 Å². The molecular weight excluding hydrogens is 285 g/mol. The van der Waals surface area contributed by atoms with Crippen molar-refractivity contribution in [1.82, 2.24) is 4.98 Å². The fourth-order valence-corrected chi connectivity index (χ4v) is 1.72. The maximum absolute atomic E-state index is 8.77. The highest BCUT2D eigenvalue weighted by atomic mass is 35.5. The monoisotopic (exact) mass is 295 g/mol. The first kappa shape index (κ1) is 15.2. The van der Waals surface area contributed by atoms with Gasteiger partial charge in [-0.05, 0) is 18.2 Å². The van der Waals surface area contributed by atoms with E-state index in [2.05, 4.69) is 34.8 Å². The zero-order valence-corrected chi connectivity index (χ0v) is 11.4. The number of fused-ring (bicyclic) bond motifs is 2. The van der Waals surface area contributed by atoms with E-state index in [0.29, 0.717) is 0 Å². The van der Waals surface area contributed by atoms with Gasteiger partial charge in [0.25, 0.3) is 0 Å². The quantitative estimate of drug-likeness (QED) is 0.482. The van der Waals surface area contributed by atoms with Crippen LogP contribution in [0.25, 0.3) is 21.8 Å². The molecule has 5 heteroatoms. The lowest BCUT2D eigenvalue weighted by Gasteiger charge is -1.99. The Morgan fingerprint density at radius 3 is 1.74 bits per heavy atom. The molecule has 0 radical (unpaired) electrons. The Morgan fingerprint density at radius 2 is 1.32 bits per heavy atom. The minimum Gasteiger partial charge on any atom is -0.469 e. The summed E-state index contributed by atoms with van der Waals surface area (Å²) in [4.78, 5) is 13.3. The first-order valence-electron chi connectivity index (χ1n) is 5.30. The smallest absolute Gasteiger partial charge is 0.401 e. The van der Waals surface area contributed by atoms with Gasteiger partial charge in [-0.1, -0.05) is 36.4 Å². The van der Waals surface area contributed by atoms with Crippen molar-refractivity contribution in [1.29, 1.82) is 0 Å². The summed E-state index contributed by atoms with van der Waals surface area (Å²) in [5.41, 5.74) is 0.761. The predicted molar refractivity (Wildman–Crippen MR) is 80.4 cm³/mol. The highest BCUT2D eigenvalue weighted by Crippen LogP contribution is 2.18. The van der Waals surface area contributed by atoms with E-state index in [9.17, 15) is 0 Å². The van der Waals surface area contributed by atoms with E-state index in [1.54, 1.807) is 0 Å². The molecule has 0 aliphatic carbocycles. The molecule has 0 amide bonds. The van der Waals surface area contributed by atoms with Crippen molar-refractivity contribution in [3.05, 3.63) is 54.6 Å². The zero-order valence-electron chi connectivity index (χ0n) is 9.79. The van der Waals surface area contributed by atoms with Gasteiger partial charge >= 0.3 is 5.43 Å². The molecule has 0 aliphatic heterocycles. The summed E-state index contributed by atoms with van der Waals surface area (Å²) < 4.78 is 0. The van der Waals surface area contributed by atoms with Gasteiger partial charge in [0, 0.05) is 22.4 Å². The maximum Gasteiger partial charge on any atom is 0.401 e. The highest BCUT2D eigenvalue weighted by molar-refractivity contribution is 6.60. The molecule has 3 aromatic rings. The van der Waals surface area contributed by atoms with Gasteiger partial charge in [-0.15, -0.1) is 12.4 Å². The van der Waals surface area contributed by atoms with Gasteiger partial charge in [0.05, 0.1) is 11.0 Å². The summed E-state index contributed by atoms with van der Waals surface area (Å²) in [6, 6.07) is 18.6. The molecule has 0 aliphatic rings. The summed E-state index contributed by atoms with van der Waals surface area (Å²) in [6.45, 7) is 0. The number of carboxylic acid groups (broad SMARTS) is 1. The van der Waals surface area contributed by atoms with Crippen LogP contribution in [0.3, 0.4) is 0 Å². The van der Waals surface area contributed by atoms with Gasteiger partial charge in [-0.2, -0.15) is 0 Å². The molecule has 98 valence electrons. The van der Waals surface area contributed by atoms with Crippen LogP contribution in [0.4, 0.5) is 4.79 Å². The third-order valence-corrected chi connectivity index (χ3v) is 2.43. The molecule has 0 bridgehead atoms. The van der Waals surface area contributed by atoms with E-state index in [0.717, 1.165) is 11.0 Å². The Labute approximate surface area is 121 Å². The van der Waals surface area contributed by atoms with Crippen LogP contribution in [-0.2, 0) is 0 Å². The predicted octanol–water partition coefficient (Wildman–Crippen LogP) is 4.71. The number of pyridine rings is 1. The molecule has 0 atom stereocenters. The summed E-state index contributed by atoms with van der Waals surface area (Å²) in [5, 5.41) is 9.58. The number of benzene rings is 2. The normalized spacial score (nSPS) is 9.32. The third kappa shape index (κ3) is 4.09. The number of halogens is 2. The Morgan fingerprint density at radius 1 is 0.947 bits per heavy atom. The van der Waals surface area contributed by atoms with Crippen LogP contribution in [0.1, 0.15) is 0 Å². The SMILES string of the molecule is Cl.O=C(O)Cl.c1ccc2nc3ccccc3cc2c1. The van der Waals surface area contributed by atoms with Crippen LogP contribution in [-0.4, -0.2) is 15.5 Å². The van der Waals surface area contributed by atoms with Crippen molar-refractivity contribution in [3.63, 3.8) is 0 Å². The standard InChI is InChI=1S/C13H9N.CHClO2.ClH/c1-3-7-12-10(5-1)9-11-6-2-4-8-13(11)14-12;2-1(3)4;/h1-9H;(H,3,4);1H. The molecule has 1 N–H and O–H groups in total. The van der Waals surface area contributed by atoms with Crippen LogP contribution in [0.2, 0.25) is 0 Å². The fourth-order valence-electron chi connectivity index (χ4n) is 1.72. The largest absolute Gasteiger partial charge is 0.469 e. The summed E-state index contributed by atoms with van der Waals surface area (Å²) in [6.07, 6.45) is 0. The zero-order chi connectivity index (χ0) is 13.0. The molecule has 3 rings (SSSR count). The lowest BCUT2D eigenvalue weighted by Crippen LogP contribution is -1.80. The number of rotatable bonds is 0. The van der Waals surface area contributed by atoms with Crippen LogP contribution in [0, 0.1) is 0 Å². The molecule has 0 saturated heterocycles. The van der Waals surface area contributed by atoms with Crippen LogP contribution >= 0.6 is 24.0 Å². The Balaban J connectivity index is 0.000000323. The second kappa shape index (κ2) is 6.92. The second-order valence-corrected chi connectivity index (χ2v) is 3.95. The van der Waals surface area contributed by atoms with E-state index < -0.39 is 5.43 Å². The number of aromatic nitrogens is 1. The average molecular weight is 296 g/mol. The van der Waals surface area contributed by atoms with Crippen molar-refractivity contribution < 1.29 is 9.90 Å². The lowest BCUT2D eigenvalue weighted by molar-refractivity contribution is 0.220. The number of para-hydroxylation sites is 2. The van der Waals surface area contributed by atoms with Crippen molar-refractivity contribution in [2.45, 2.75) is 0 Å². The molecule has 0 unspecified atom stereocenters. The van der Waals surface area contributed by atoms with E-state index >= 15 is 0 Å².